The van der Waals surface area contributed by atoms with E-state index < -0.39 is 0 Å². The monoisotopic (exact) mass is 313 g/mol. The van der Waals surface area contributed by atoms with Crippen molar-refractivity contribution < 1.29 is 0 Å². The van der Waals surface area contributed by atoms with E-state index >= 15 is 0 Å². The average molecular weight is 313 g/mol. The Labute approximate surface area is 145 Å². The molecule has 4 aliphatic carbocycles. The summed E-state index contributed by atoms with van der Waals surface area (Å²) in [6.07, 6.45) is 13.3. The number of hydrogen-bond donors (Lipinski definition) is 0. The van der Waals surface area contributed by atoms with Crippen molar-refractivity contribution in [2.45, 2.75) is 43.9 Å². The third-order valence-electron chi connectivity index (χ3n) is 6.77. The van der Waals surface area contributed by atoms with Crippen LogP contribution in [0.3, 0.4) is 0 Å². The zero-order chi connectivity index (χ0) is 16.0. The molecule has 0 aromatic heterocycles. The SMILES string of the molecule is [c]1ccc(C=Cc2ccc(C34CC5CC(CC(C5)C3)C4)cc2)cc1. The van der Waals surface area contributed by atoms with Gasteiger partial charge in [0.25, 0.3) is 0 Å². The predicted molar refractivity (Wildman–Crippen MR) is 100 cm³/mol. The van der Waals surface area contributed by atoms with Crippen LogP contribution in [0, 0.1) is 23.8 Å². The Hall–Kier alpha value is -1.82. The first-order valence-electron chi connectivity index (χ1n) is 9.54. The van der Waals surface area contributed by atoms with Gasteiger partial charge in [-0.15, -0.1) is 0 Å². The third-order valence-corrected chi connectivity index (χ3v) is 6.77. The first-order valence-corrected chi connectivity index (χ1v) is 9.54. The van der Waals surface area contributed by atoms with Crippen LogP contribution in [-0.4, -0.2) is 0 Å². The van der Waals surface area contributed by atoms with E-state index in [4.69, 9.17) is 0 Å². The molecule has 4 fully saturated rings. The molecule has 2 aromatic carbocycles. The molecule has 6 rings (SSSR count). The highest BCUT2D eigenvalue weighted by Crippen LogP contribution is 2.60. The Bertz CT molecular complexity index is 700. The summed E-state index contributed by atoms with van der Waals surface area (Å²) < 4.78 is 0. The zero-order valence-corrected chi connectivity index (χ0v) is 14.2. The van der Waals surface area contributed by atoms with Gasteiger partial charge in [-0.1, -0.05) is 60.7 Å². The predicted octanol–water partition coefficient (Wildman–Crippen LogP) is 6.12. The Morgan fingerprint density at radius 1 is 0.708 bits per heavy atom. The Morgan fingerprint density at radius 3 is 1.75 bits per heavy atom. The molecule has 0 heterocycles. The fraction of sp³-hybridized carbons (Fsp3) is 0.417. The molecule has 0 amide bonds. The van der Waals surface area contributed by atoms with Gasteiger partial charge in [0.2, 0.25) is 0 Å². The summed E-state index contributed by atoms with van der Waals surface area (Å²) >= 11 is 0. The molecule has 0 spiro atoms. The molecular weight excluding hydrogens is 288 g/mol. The van der Waals surface area contributed by atoms with Crippen LogP contribution in [0.2, 0.25) is 0 Å². The fourth-order valence-corrected chi connectivity index (χ4v) is 6.12. The van der Waals surface area contributed by atoms with E-state index in [1.165, 1.54) is 49.7 Å². The minimum Gasteiger partial charge on any atom is -0.0579 e. The van der Waals surface area contributed by atoms with E-state index in [-0.39, 0.29) is 0 Å². The topological polar surface area (TPSA) is 0 Å². The van der Waals surface area contributed by atoms with Gasteiger partial charge in [-0.05, 0) is 84.5 Å². The molecule has 121 valence electrons. The van der Waals surface area contributed by atoms with E-state index in [9.17, 15) is 0 Å². The highest BCUT2D eigenvalue weighted by atomic mass is 14.6. The number of benzene rings is 2. The molecule has 4 saturated carbocycles. The maximum Gasteiger partial charge on any atom is -0.00391 e. The van der Waals surface area contributed by atoms with Crippen LogP contribution in [0.4, 0.5) is 0 Å². The van der Waals surface area contributed by atoms with E-state index in [2.05, 4.69) is 54.6 Å². The maximum absolute atomic E-state index is 3.07. The summed E-state index contributed by atoms with van der Waals surface area (Å²) in [5.41, 5.74) is 4.68. The molecule has 0 aliphatic heterocycles. The standard InChI is InChI=1S/C24H25/c1-2-4-18(5-3-1)6-7-19-8-10-23(11-9-19)24-15-20-12-21(16-24)14-22(13-20)17-24/h2-11,20-22H,12-17H2. The molecule has 1 radical (unpaired) electrons. The quantitative estimate of drug-likeness (QED) is 0.598. The first kappa shape index (κ1) is 14.5. The minimum atomic E-state index is 0.520. The second-order valence-corrected chi connectivity index (χ2v) is 8.49. The van der Waals surface area contributed by atoms with Gasteiger partial charge >= 0.3 is 0 Å². The van der Waals surface area contributed by atoms with Crippen molar-refractivity contribution in [2.24, 2.45) is 17.8 Å². The largest absolute Gasteiger partial charge is 0.0579 e. The Morgan fingerprint density at radius 2 is 1.21 bits per heavy atom. The molecule has 4 aliphatic rings. The summed E-state index contributed by atoms with van der Waals surface area (Å²) in [5, 5.41) is 0. The first-order chi connectivity index (χ1) is 11.8. The van der Waals surface area contributed by atoms with Crippen molar-refractivity contribution in [1.82, 2.24) is 0 Å². The van der Waals surface area contributed by atoms with Crippen LogP contribution in [0.5, 0.6) is 0 Å². The number of hydrogen-bond acceptors (Lipinski definition) is 0. The van der Waals surface area contributed by atoms with Crippen molar-refractivity contribution in [2.75, 3.05) is 0 Å². The highest BCUT2D eigenvalue weighted by molar-refractivity contribution is 5.69. The van der Waals surface area contributed by atoms with Crippen LogP contribution in [0.1, 0.15) is 55.2 Å². The van der Waals surface area contributed by atoms with Gasteiger partial charge in [-0.25, -0.2) is 0 Å². The molecule has 24 heavy (non-hydrogen) atoms. The summed E-state index contributed by atoms with van der Waals surface area (Å²) in [6.45, 7) is 0. The molecule has 0 heteroatoms. The minimum absolute atomic E-state index is 0.520. The van der Waals surface area contributed by atoms with Crippen LogP contribution >= 0.6 is 0 Å². The molecule has 0 unspecified atom stereocenters. The van der Waals surface area contributed by atoms with Gasteiger partial charge in [0.1, 0.15) is 0 Å². The van der Waals surface area contributed by atoms with Crippen LogP contribution in [0.15, 0.2) is 48.5 Å². The Kier molecular flexibility index (Phi) is 3.40. The molecule has 0 atom stereocenters. The third kappa shape index (κ3) is 2.53. The van der Waals surface area contributed by atoms with Crippen molar-refractivity contribution in [3.63, 3.8) is 0 Å². The van der Waals surface area contributed by atoms with Gasteiger partial charge in [-0.2, -0.15) is 0 Å². The average Bonchev–Trinajstić information content (AvgIpc) is 2.60. The van der Waals surface area contributed by atoms with Crippen LogP contribution < -0.4 is 0 Å². The lowest BCUT2D eigenvalue weighted by atomic mass is 9.48. The van der Waals surface area contributed by atoms with E-state index in [1.807, 2.05) is 12.1 Å². The molecule has 0 N–H and O–H groups in total. The van der Waals surface area contributed by atoms with Crippen LogP contribution in [-0.2, 0) is 5.41 Å². The highest BCUT2D eigenvalue weighted by Gasteiger charge is 2.51. The summed E-state index contributed by atoms with van der Waals surface area (Å²) in [5.74, 6) is 3.06. The zero-order valence-electron chi connectivity index (χ0n) is 14.2. The second-order valence-electron chi connectivity index (χ2n) is 8.49. The summed E-state index contributed by atoms with van der Waals surface area (Å²) in [4.78, 5) is 0. The second kappa shape index (κ2) is 5.62. The van der Waals surface area contributed by atoms with Gasteiger partial charge in [0, 0.05) is 0 Å². The molecule has 4 bridgehead atoms. The van der Waals surface area contributed by atoms with Crippen molar-refractivity contribution in [3.8, 4) is 0 Å². The van der Waals surface area contributed by atoms with Crippen molar-refractivity contribution in [3.05, 3.63) is 71.3 Å². The lowest BCUT2D eigenvalue weighted by molar-refractivity contribution is -0.00518. The van der Waals surface area contributed by atoms with E-state index in [0.29, 0.717) is 5.41 Å². The molecular formula is C24H25. The van der Waals surface area contributed by atoms with Crippen molar-refractivity contribution >= 4 is 12.2 Å². The van der Waals surface area contributed by atoms with Gasteiger partial charge in [0.15, 0.2) is 0 Å². The molecule has 0 saturated heterocycles. The van der Waals surface area contributed by atoms with Gasteiger partial charge in [-0.3, -0.25) is 0 Å². The smallest absolute Gasteiger partial charge is 0.00391 e. The lowest BCUT2D eigenvalue weighted by Crippen LogP contribution is -2.48. The molecule has 2 aromatic rings. The normalized spacial score (nSPS) is 34.1. The lowest BCUT2D eigenvalue weighted by Gasteiger charge is -2.57. The molecule has 0 nitrogen and oxygen atoms in total. The van der Waals surface area contributed by atoms with Gasteiger partial charge in [0.05, 0.1) is 0 Å². The number of rotatable bonds is 3. The van der Waals surface area contributed by atoms with E-state index in [0.717, 1.165) is 17.8 Å². The van der Waals surface area contributed by atoms with Crippen molar-refractivity contribution in [1.29, 1.82) is 0 Å². The summed E-state index contributed by atoms with van der Waals surface area (Å²) in [6, 6.07) is 20.7. The van der Waals surface area contributed by atoms with Crippen LogP contribution in [0.25, 0.3) is 12.2 Å². The fourth-order valence-electron chi connectivity index (χ4n) is 6.12. The summed E-state index contributed by atoms with van der Waals surface area (Å²) in [7, 11) is 0. The Balaban J connectivity index is 1.38. The van der Waals surface area contributed by atoms with Gasteiger partial charge < -0.3 is 0 Å². The van der Waals surface area contributed by atoms with E-state index in [1.54, 1.807) is 5.56 Å². The maximum atomic E-state index is 3.07.